The lowest BCUT2D eigenvalue weighted by atomic mass is 9.81. The molecule has 0 saturated heterocycles. The minimum absolute atomic E-state index is 0.0434. The van der Waals surface area contributed by atoms with Crippen LogP contribution >= 0.6 is 0 Å². The van der Waals surface area contributed by atoms with Gasteiger partial charge in [-0.25, -0.2) is 0 Å². The molecule has 108 valence electrons. The lowest BCUT2D eigenvalue weighted by Gasteiger charge is -2.28. The maximum Gasteiger partial charge on any atom is 0.122 e. The molecule has 0 atom stereocenters. The molecule has 1 aromatic rings. The molecule has 19 heavy (non-hydrogen) atoms. The zero-order valence-corrected chi connectivity index (χ0v) is 13.0. The van der Waals surface area contributed by atoms with Crippen molar-refractivity contribution in [3.63, 3.8) is 0 Å². The Kier molecular flexibility index (Phi) is 5.67. The molecule has 0 aliphatic rings. The highest BCUT2D eigenvalue weighted by molar-refractivity contribution is 5.44. The highest BCUT2D eigenvalue weighted by Crippen LogP contribution is 2.36. The van der Waals surface area contributed by atoms with Crippen molar-refractivity contribution >= 4 is 0 Å². The highest BCUT2D eigenvalue weighted by Gasteiger charge is 2.24. The first-order valence-electron chi connectivity index (χ1n) is 6.86. The quantitative estimate of drug-likeness (QED) is 0.820. The molecule has 1 N–H and O–H groups in total. The molecule has 0 fully saturated rings. The number of nitrogens with one attached hydrogen (secondary N) is 1. The van der Waals surface area contributed by atoms with E-state index in [9.17, 15) is 0 Å². The standard InChI is InChI=1S/C16H27NO2/c1-12(2)17-10-9-16(3,4)14-11-13(18-5)7-8-15(14)19-6/h7-8,11-12,17H,9-10H2,1-6H3. The second-order valence-corrected chi connectivity index (χ2v) is 5.81. The van der Waals surface area contributed by atoms with E-state index in [0.717, 1.165) is 24.5 Å². The summed E-state index contributed by atoms with van der Waals surface area (Å²) in [7, 11) is 3.41. The topological polar surface area (TPSA) is 30.5 Å². The molecule has 0 saturated carbocycles. The van der Waals surface area contributed by atoms with Crippen molar-refractivity contribution in [3.05, 3.63) is 23.8 Å². The Hall–Kier alpha value is -1.22. The van der Waals surface area contributed by atoms with Crippen molar-refractivity contribution in [2.24, 2.45) is 0 Å². The molecule has 3 heteroatoms. The van der Waals surface area contributed by atoms with Crippen LogP contribution in [0.3, 0.4) is 0 Å². The Morgan fingerprint density at radius 2 is 1.84 bits per heavy atom. The van der Waals surface area contributed by atoms with Gasteiger partial charge in [0.05, 0.1) is 14.2 Å². The fourth-order valence-corrected chi connectivity index (χ4v) is 2.15. The van der Waals surface area contributed by atoms with Crippen LogP contribution in [0.2, 0.25) is 0 Å². The van der Waals surface area contributed by atoms with Gasteiger partial charge in [0.2, 0.25) is 0 Å². The summed E-state index contributed by atoms with van der Waals surface area (Å²) in [5, 5.41) is 3.47. The molecular formula is C16H27NO2. The zero-order chi connectivity index (χ0) is 14.5. The molecule has 1 aromatic carbocycles. The lowest BCUT2D eigenvalue weighted by Crippen LogP contribution is -2.29. The van der Waals surface area contributed by atoms with E-state index in [0.29, 0.717) is 6.04 Å². The normalized spacial score (nSPS) is 11.7. The van der Waals surface area contributed by atoms with Gasteiger partial charge in [-0.05, 0) is 36.6 Å². The summed E-state index contributed by atoms with van der Waals surface area (Å²) in [5.41, 5.74) is 1.24. The van der Waals surface area contributed by atoms with Gasteiger partial charge in [0.15, 0.2) is 0 Å². The van der Waals surface area contributed by atoms with Gasteiger partial charge in [-0.1, -0.05) is 27.7 Å². The third-order valence-corrected chi connectivity index (χ3v) is 3.44. The molecule has 0 heterocycles. The van der Waals surface area contributed by atoms with Gasteiger partial charge in [0, 0.05) is 11.6 Å². The van der Waals surface area contributed by atoms with Crippen LogP contribution in [0.5, 0.6) is 11.5 Å². The maximum atomic E-state index is 5.48. The third-order valence-electron chi connectivity index (χ3n) is 3.44. The second kappa shape index (κ2) is 6.80. The zero-order valence-electron chi connectivity index (χ0n) is 13.0. The van der Waals surface area contributed by atoms with Gasteiger partial charge < -0.3 is 14.8 Å². The van der Waals surface area contributed by atoms with Crippen LogP contribution < -0.4 is 14.8 Å². The Balaban J connectivity index is 2.91. The third kappa shape index (κ3) is 4.43. The van der Waals surface area contributed by atoms with Crippen LogP contribution in [0.4, 0.5) is 0 Å². The summed E-state index contributed by atoms with van der Waals surface area (Å²) in [6.45, 7) is 9.81. The predicted octanol–water partition coefficient (Wildman–Crippen LogP) is 3.37. The van der Waals surface area contributed by atoms with Crippen LogP contribution in [0, 0.1) is 0 Å². The molecule has 0 bridgehead atoms. The smallest absolute Gasteiger partial charge is 0.122 e. The maximum absolute atomic E-state index is 5.48. The fraction of sp³-hybridized carbons (Fsp3) is 0.625. The number of ether oxygens (including phenoxy) is 2. The molecule has 0 radical (unpaired) electrons. The van der Waals surface area contributed by atoms with Crippen LogP contribution in [-0.2, 0) is 5.41 Å². The van der Waals surface area contributed by atoms with Gasteiger partial charge >= 0.3 is 0 Å². The van der Waals surface area contributed by atoms with E-state index in [1.807, 2.05) is 12.1 Å². The molecule has 0 aromatic heterocycles. The summed E-state index contributed by atoms with van der Waals surface area (Å²) < 4.78 is 10.8. The molecular weight excluding hydrogens is 238 g/mol. The molecule has 0 spiro atoms. The molecule has 0 aliphatic carbocycles. The number of rotatable bonds is 7. The Labute approximate surface area is 117 Å². The van der Waals surface area contributed by atoms with Crippen LogP contribution in [0.25, 0.3) is 0 Å². The molecule has 0 aliphatic heterocycles. The summed E-state index contributed by atoms with van der Waals surface area (Å²) >= 11 is 0. The largest absolute Gasteiger partial charge is 0.497 e. The molecule has 3 nitrogen and oxygen atoms in total. The number of hydrogen-bond acceptors (Lipinski definition) is 3. The van der Waals surface area contributed by atoms with Crippen molar-refractivity contribution in [2.45, 2.75) is 45.6 Å². The predicted molar refractivity (Wildman–Crippen MR) is 80.3 cm³/mol. The first-order valence-corrected chi connectivity index (χ1v) is 6.86. The average Bonchev–Trinajstić information content (AvgIpc) is 2.37. The number of benzene rings is 1. The monoisotopic (exact) mass is 265 g/mol. The second-order valence-electron chi connectivity index (χ2n) is 5.81. The fourth-order valence-electron chi connectivity index (χ4n) is 2.15. The van der Waals surface area contributed by atoms with Gasteiger partial charge in [-0.15, -0.1) is 0 Å². The lowest BCUT2D eigenvalue weighted by molar-refractivity contribution is 0.372. The van der Waals surface area contributed by atoms with Crippen LogP contribution in [-0.4, -0.2) is 26.8 Å². The summed E-state index contributed by atoms with van der Waals surface area (Å²) in [6.07, 6.45) is 1.05. The van der Waals surface area contributed by atoms with Gasteiger partial charge in [-0.2, -0.15) is 0 Å². The van der Waals surface area contributed by atoms with Gasteiger partial charge in [0.1, 0.15) is 11.5 Å². The minimum atomic E-state index is 0.0434. The number of hydrogen-bond donors (Lipinski definition) is 1. The highest BCUT2D eigenvalue weighted by atomic mass is 16.5. The average molecular weight is 265 g/mol. The molecule has 1 rings (SSSR count). The van der Waals surface area contributed by atoms with E-state index < -0.39 is 0 Å². The van der Waals surface area contributed by atoms with E-state index in [1.165, 1.54) is 5.56 Å². The van der Waals surface area contributed by atoms with Gasteiger partial charge in [0.25, 0.3) is 0 Å². The minimum Gasteiger partial charge on any atom is -0.497 e. The van der Waals surface area contributed by atoms with Crippen LogP contribution in [0.1, 0.15) is 39.7 Å². The van der Waals surface area contributed by atoms with E-state index in [2.05, 4.69) is 39.1 Å². The Morgan fingerprint density at radius 3 is 2.37 bits per heavy atom. The summed E-state index contributed by atoms with van der Waals surface area (Å²) in [5.74, 6) is 1.80. The first-order chi connectivity index (χ1) is 8.90. The van der Waals surface area contributed by atoms with Gasteiger partial charge in [-0.3, -0.25) is 0 Å². The Morgan fingerprint density at radius 1 is 1.16 bits per heavy atom. The molecule has 0 unspecified atom stereocenters. The van der Waals surface area contributed by atoms with Crippen molar-refractivity contribution < 1.29 is 9.47 Å². The van der Waals surface area contributed by atoms with E-state index in [-0.39, 0.29) is 5.41 Å². The SMILES string of the molecule is COc1ccc(OC)c(C(C)(C)CCNC(C)C)c1. The Bertz CT molecular complexity index is 400. The van der Waals surface area contributed by atoms with Crippen molar-refractivity contribution in [1.82, 2.24) is 5.32 Å². The van der Waals surface area contributed by atoms with Crippen LogP contribution in [0.15, 0.2) is 18.2 Å². The van der Waals surface area contributed by atoms with E-state index in [4.69, 9.17) is 9.47 Å². The van der Waals surface area contributed by atoms with Crippen molar-refractivity contribution in [1.29, 1.82) is 0 Å². The van der Waals surface area contributed by atoms with E-state index >= 15 is 0 Å². The summed E-state index contributed by atoms with van der Waals surface area (Å²) in [4.78, 5) is 0. The summed E-state index contributed by atoms with van der Waals surface area (Å²) in [6, 6.07) is 6.51. The van der Waals surface area contributed by atoms with Crippen molar-refractivity contribution in [3.8, 4) is 11.5 Å². The van der Waals surface area contributed by atoms with Crippen molar-refractivity contribution in [2.75, 3.05) is 20.8 Å². The molecule has 0 amide bonds. The first kappa shape index (κ1) is 15.8. The number of methoxy groups -OCH3 is 2. The van der Waals surface area contributed by atoms with E-state index in [1.54, 1.807) is 14.2 Å².